The molecular formula is C18H23N3O3S. The van der Waals surface area contributed by atoms with E-state index in [0.29, 0.717) is 13.0 Å². The van der Waals surface area contributed by atoms with Crippen LogP contribution in [0.4, 0.5) is 5.69 Å². The molecule has 0 radical (unpaired) electrons. The van der Waals surface area contributed by atoms with E-state index in [1.807, 2.05) is 32.0 Å². The SMILES string of the molecule is Cc1cccc(NC(=O)CNCCc2ccc(S(N)(=O)=O)cc2)c1C. The highest BCUT2D eigenvalue weighted by Gasteiger charge is 2.07. The summed E-state index contributed by atoms with van der Waals surface area (Å²) in [5.41, 5.74) is 3.99. The Labute approximate surface area is 148 Å². The van der Waals surface area contributed by atoms with Crippen LogP contribution in [0.5, 0.6) is 0 Å². The Morgan fingerprint density at radius 2 is 1.76 bits per heavy atom. The van der Waals surface area contributed by atoms with Crippen molar-refractivity contribution in [3.8, 4) is 0 Å². The van der Waals surface area contributed by atoms with E-state index in [1.165, 1.54) is 12.1 Å². The van der Waals surface area contributed by atoms with Crippen molar-refractivity contribution in [2.45, 2.75) is 25.2 Å². The van der Waals surface area contributed by atoms with Crippen molar-refractivity contribution < 1.29 is 13.2 Å². The van der Waals surface area contributed by atoms with Crippen LogP contribution in [0.3, 0.4) is 0 Å². The number of benzene rings is 2. The van der Waals surface area contributed by atoms with Gasteiger partial charge in [0.2, 0.25) is 15.9 Å². The van der Waals surface area contributed by atoms with Crippen molar-refractivity contribution in [1.29, 1.82) is 0 Å². The maximum atomic E-state index is 12.0. The molecule has 2 aromatic rings. The molecule has 1 amide bonds. The fourth-order valence-electron chi connectivity index (χ4n) is 2.36. The Balaban J connectivity index is 1.77. The van der Waals surface area contributed by atoms with Crippen LogP contribution in [-0.2, 0) is 21.2 Å². The molecule has 0 fully saturated rings. The molecule has 0 bridgehead atoms. The van der Waals surface area contributed by atoms with Crippen LogP contribution in [0.15, 0.2) is 47.4 Å². The van der Waals surface area contributed by atoms with Gasteiger partial charge in [-0.3, -0.25) is 4.79 Å². The summed E-state index contributed by atoms with van der Waals surface area (Å²) in [5, 5.41) is 11.0. The maximum absolute atomic E-state index is 12.0. The van der Waals surface area contributed by atoms with Gasteiger partial charge >= 0.3 is 0 Å². The van der Waals surface area contributed by atoms with Crippen LogP contribution in [0.1, 0.15) is 16.7 Å². The van der Waals surface area contributed by atoms with Crippen molar-refractivity contribution in [3.05, 3.63) is 59.2 Å². The van der Waals surface area contributed by atoms with E-state index in [4.69, 9.17) is 5.14 Å². The lowest BCUT2D eigenvalue weighted by Gasteiger charge is -2.11. The highest BCUT2D eigenvalue weighted by Crippen LogP contribution is 2.17. The first-order valence-corrected chi connectivity index (χ1v) is 9.50. The van der Waals surface area contributed by atoms with Gasteiger partial charge in [-0.05, 0) is 61.7 Å². The number of nitrogens with two attached hydrogens (primary N) is 1. The van der Waals surface area contributed by atoms with Gasteiger partial charge in [0.05, 0.1) is 11.4 Å². The van der Waals surface area contributed by atoms with Crippen LogP contribution in [0, 0.1) is 13.8 Å². The Kier molecular flexibility index (Phi) is 6.30. The standard InChI is InChI=1S/C18H23N3O3S/c1-13-4-3-5-17(14(13)2)21-18(22)12-20-11-10-15-6-8-16(9-7-15)25(19,23)24/h3-9,20H,10-12H2,1-2H3,(H,21,22)(H2,19,23,24). The monoisotopic (exact) mass is 361 g/mol. The van der Waals surface area contributed by atoms with Crippen molar-refractivity contribution in [2.24, 2.45) is 5.14 Å². The molecule has 0 spiro atoms. The van der Waals surface area contributed by atoms with Gasteiger partial charge in [0.1, 0.15) is 0 Å². The molecule has 2 rings (SSSR count). The zero-order valence-corrected chi connectivity index (χ0v) is 15.2. The fourth-order valence-corrected chi connectivity index (χ4v) is 2.88. The maximum Gasteiger partial charge on any atom is 0.238 e. The third kappa shape index (κ3) is 5.67. The van der Waals surface area contributed by atoms with E-state index in [2.05, 4.69) is 10.6 Å². The molecule has 0 aliphatic carbocycles. The van der Waals surface area contributed by atoms with Gasteiger partial charge in [0.15, 0.2) is 0 Å². The van der Waals surface area contributed by atoms with Gasteiger partial charge in [0.25, 0.3) is 0 Å². The summed E-state index contributed by atoms with van der Waals surface area (Å²) in [5.74, 6) is -0.0988. The lowest BCUT2D eigenvalue weighted by molar-refractivity contribution is -0.115. The molecule has 134 valence electrons. The highest BCUT2D eigenvalue weighted by atomic mass is 32.2. The molecule has 0 aliphatic heterocycles. The average molecular weight is 361 g/mol. The molecule has 0 saturated heterocycles. The highest BCUT2D eigenvalue weighted by molar-refractivity contribution is 7.89. The van der Waals surface area contributed by atoms with Gasteiger partial charge in [-0.1, -0.05) is 24.3 Å². The van der Waals surface area contributed by atoms with E-state index in [0.717, 1.165) is 22.4 Å². The topological polar surface area (TPSA) is 101 Å². The van der Waals surface area contributed by atoms with Crippen LogP contribution in [0.25, 0.3) is 0 Å². The fraction of sp³-hybridized carbons (Fsp3) is 0.278. The number of hydrogen-bond donors (Lipinski definition) is 3. The molecule has 0 unspecified atom stereocenters. The molecule has 0 aromatic heterocycles. The van der Waals surface area contributed by atoms with Gasteiger partial charge in [-0.25, -0.2) is 13.6 Å². The summed E-state index contributed by atoms with van der Waals surface area (Å²) in [6.07, 6.45) is 0.682. The van der Waals surface area contributed by atoms with E-state index in [-0.39, 0.29) is 17.3 Å². The predicted molar refractivity (Wildman–Crippen MR) is 98.9 cm³/mol. The molecular weight excluding hydrogens is 338 g/mol. The molecule has 6 nitrogen and oxygen atoms in total. The van der Waals surface area contributed by atoms with Crippen LogP contribution >= 0.6 is 0 Å². The van der Waals surface area contributed by atoms with Gasteiger partial charge in [0, 0.05) is 5.69 Å². The second-order valence-corrected chi connectivity index (χ2v) is 7.47. The van der Waals surface area contributed by atoms with Gasteiger partial charge in [-0.15, -0.1) is 0 Å². The summed E-state index contributed by atoms with van der Waals surface area (Å²) in [7, 11) is -3.66. The predicted octanol–water partition coefficient (Wildman–Crippen LogP) is 1.72. The summed E-state index contributed by atoms with van der Waals surface area (Å²) in [4.78, 5) is 12.1. The molecule has 25 heavy (non-hydrogen) atoms. The molecule has 0 atom stereocenters. The Bertz CT molecular complexity index is 846. The molecule has 2 aromatic carbocycles. The number of rotatable bonds is 7. The zero-order valence-electron chi connectivity index (χ0n) is 14.4. The number of aryl methyl sites for hydroxylation is 1. The van der Waals surface area contributed by atoms with Crippen LogP contribution in [-0.4, -0.2) is 27.4 Å². The normalized spacial score (nSPS) is 11.3. The smallest absolute Gasteiger partial charge is 0.238 e. The van der Waals surface area contributed by atoms with Crippen molar-refractivity contribution in [2.75, 3.05) is 18.4 Å². The first kappa shape index (κ1) is 19.1. The first-order chi connectivity index (χ1) is 11.8. The molecule has 0 aliphatic rings. The lowest BCUT2D eigenvalue weighted by atomic mass is 10.1. The Morgan fingerprint density at radius 1 is 1.08 bits per heavy atom. The number of nitrogens with one attached hydrogen (secondary N) is 2. The van der Waals surface area contributed by atoms with Crippen molar-refractivity contribution >= 4 is 21.6 Å². The minimum atomic E-state index is -3.66. The zero-order chi connectivity index (χ0) is 18.4. The van der Waals surface area contributed by atoms with E-state index < -0.39 is 10.0 Å². The lowest BCUT2D eigenvalue weighted by Crippen LogP contribution is -2.29. The number of carbonyl (C=O) groups is 1. The third-order valence-corrected chi connectivity index (χ3v) is 4.94. The van der Waals surface area contributed by atoms with E-state index in [1.54, 1.807) is 12.1 Å². The summed E-state index contributed by atoms with van der Waals surface area (Å²) in [6, 6.07) is 12.2. The minimum Gasteiger partial charge on any atom is -0.325 e. The van der Waals surface area contributed by atoms with Crippen molar-refractivity contribution in [1.82, 2.24) is 5.32 Å². The first-order valence-electron chi connectivity index (χ1n) is 7.96. The summed E-state index contributed by atoms with van der Waals surface area (Å²) < 4.78 is 22.4. The van der Waals surface area contributed by atoms with Crippen LogP contribution in [0.2, 0.25) is 0 Å². The van der Waals surface area contributed by atoms with E-state index >= 15 is 0 Å². The summed E-state index contributed by atoms with van der Waals surface area (Å²) in [6.45, 7) is 4.80. The number of sulfonamides is 1. The Hall–Kier alpha value is -2.22. The number of hydrogen-bond acceptors (Lipinski definition) is 4. The molecule has 0 heterocycles. The number of anilines is 1. The van der Waals surface area contributed by atoms with Gasteiger partial charge < -0.3 is 10.6 Å². The third-order valence-electron chi connectivity index (χ3n) is 4.01. The average Bonchev–Trinajstić information content (AvgIpc) is 2.55. The molecule has 7 heteroatoms. The van der Waals surface area contributed by atoms with E-state index in [9.17, 15) is 13.2 Å². The van der Waals surface area contributed by atoms with Crippen molar-refractivity contribution in [3.63, 3.8) is 0 Å². The largest absolute Gasteiger partial charge is 0.325 e. The number of primary sulfonamides is 1. The quantitative estimate of drug-likeness (QED) is 0.654. The second-order valence-electron chi connectivity index (χ2n) is 5.91. The number of amides is 1. The molecule has 0 saturated carbocycles. The minimum absolute atomic E-state index is 0.0945. The Morgan fingerprint density at radius 3 is 2.40 bits per heavy atom. The van der Waals surface area contributed by atoms with Crippen LogP contribution < -0.4 is 15.8 Å². The summed E-state index contributed by atoms with van der Waals surface area (Å²) >= 11 is 0. The second kappa shape index (κ2) is 8.24. The number of carbonyl (C=O) groups excluding carboxylic acids is 1. The van der Waals surface area contributed by atoms with Gasteiger partial charge in [-0.2, -0.15) is 0 Å². The molecule has 4 N–H and O–H groups in total.